The molecule has 1 heterocycles. The van der Waals surface area contributed by atoms with Gasteiger partial charge >= 0.3 is 0 Å². The molecule has 0 unspecified atom stereocenters. The topological polar surface area (TPSA) is 57.8 Å². The third kappa shape index (κ3) is 1.65. The molecular formula is C16H13ClFN3O. The van der Waals surface area contributed by atoms with Gasteiger partial charge in [0.25, 0.3) is 5.91 Å². The number of rotatable bonds is 2. The molecule has 2 bridgehead atoms. The van der Waals surface area contributed by atoms with Crippen molar-refractivity contribution in [3.05, 3.63) is 34.5 Å². The summed E-state index contributed by atoms with van der Waals surface area (Å²) in [6, 6.07) is 7.19. The predicted octanol–water partition coefficient (Wildman–Crippen LogP) is 3.08. The van der Waals surface area contributed by atoms with Crippen LogP contribution in [0.15, 0.2) is 18.2 Å². The average molecular weight is 318 g/mol. The Bertz CT molecular complexity index is 860. The largest absolute Gasteiger partial charge is 0.345 e. The van der Waals surface area contributed by atoms with Crippen LogP contribution in [0.5, 0.6) is 0 Å². The molecule has 0 spiro atoms. The molecule has 0 aliphatic heterocycles. The Morgan fingerprint density at radius 3 is 2.73 bits per heavy atom. The summed E-state index contributed by atoms with van der Waals surface area (Å²) in [5.41, 5.74) is 0.0948. The van der Waals surface area contributed by atoms with Crippen LogP contribution < -0.4 is 5.32 Å². The van der Waals surface area contributed by atoms with Crippen molar-refractivity contribution in [2.45, 2.75) is 30.5 Å². The highest BCUT2D eigenvalue weighted by Gasteiger charge is 2.69. The van der Waals surface area contributed by atoms with Gasteiger partial charge in [-0.2, -0.15) is 5.26 Å². The smallest absolute Gasteiger partial charge is 0.268 e. The number of nitrogens with one attached hydrogen (secondary N) is 1. The summed E-state index contributed by atoms with van der Waals surface area (Å²) in [7, 11) is 1.74. The quantitative estimate of drug-likeness (QED) is 0.925. The lowest BCUT2D eigenvalue weighted by Gasteiger charge is -2.65. The Balaban J connectivity index is 1.70. The van der Waals surface area contributed by atoms with Crippen molar-refractivity contribution < 1.29 is 9.18 Å². The highest BCUT2D eigenvalue weighted by molar-refractivity contribution is 6.36. The number of benzene rings is 1. The van der Waals surface area contributed by atoms with Crippen LogP contribution in [0.1, 0.15) is 35.3 Å². The number of aryl methyl sites for hydroxylation is 1. The monoisotopic (exact) mass is 317 g/mol. The van der Waals surface area contributed by atoms with Gasteiger partial charge in [-0.25, -0.2) is 4.39 Å². The maximum atomic E-state index is 13.5. The summed E-state index contributed by atoms with van der Waals surface area (Å²) in [6.45, 7) is 0. The number of halogens is 2. The zero-order valence-electron chi connectivity index (χ0n) is 11.9. The fourth-order valence-corrected chi connectivity index (χ4v) is 4.15. The van der Waals surface area contributed by atoms with Crippen molar-refractivity contribution in [1.82, 2.24) is 9.88 Å². The van der Waals surface area contributed by atoms with Crippen LogP contribution in [0.3, 0.4) is 0 Å². The Kier molecular flexibility index (Phi) is 2.48. The Hall–Kier alpha value is -2.06. The van der Waals surface area contributed by atoms with Gasteiger partial charge in [0.05, 0.1) is 16.1 Å². The lowest BCUT2D eigenvalue weighted by Crippen LogP contribution is -2.76. The number of carbonyl (C=O) groups is 1. The van der Waals surface area contributed by atoms with E-state index in [1.807, 2.05) is 6.07 Å². The van der Waals surface area contributed by atoms with Gasteiger partial charge < -0.3 is 9.88 Å². The fourth-order valence-electron chi connectivity index (χ4n) is 3.81. The minimum Gasteiger partial charge on any atom is -0.345 e. The van der Waals surface area contributed by atoms with Gasteiger partial charge in [0, 0.05) is 37.2 Å². The molecule has 6 heteroatoms. The number of nitriles is 1. The maximum Gasteiger partial charge on any atom is 0.268 e. The van der Waals surface area contributed by atoms with Crippen molar-refractivity contribution in [2.75, 3.05) is 0 Å². The van der Waals surface area contributed by atoms with E-state index in [0.717, 1.165) is 5.39 Å². The number of hydrogen-bond donors (Lipinski definition) is 1. The Morgan fingerprint density at radius 1 is 1.45 bits per heavy atom. The minimum absolute atomic E-state index is 0.227. The van der Waals surface area contributed by atoms with Crippen LogP contribution in [0.2, 0.25) is 5.02 Å². The van der Waals surface area contributed by atoms with Crippen molar-refractivity contribution in [1.29, 1.82) is 5.26 Å². The number of fused-ring (bicyclic) bond motifs is 1. The molecule has 3 saturated carbocycles. The van der Waals surface area contributed by atoms with Crippen molar-refractivity contribution in [3.8, 4) is 6.07 Å². The summed E-state index contributed by atoms with van der Waals surface area (Å²) in [5, 5.41) is 13.1. The molecule has 1 aromatic carbocycles. The molecule has 1 aromatic heterocycles. The van der Waals surface area contributed by atoms with Crippen molar-refractivity contribution >= 4 is 28.4 Å². The number of carbonyl (C=O) groups excluding carboxylic acids is 1. The first-order valence-electron chi connectivity index (χ1n) is 7.06. The molecule has 0 atom stereocenters. The van der Waals surface area contributed by atoms with Gasteiger partial charge in [-0.15, -0.1) is 0 Å². The highest BCUT2D eigenvalue weighted by Crippen LogP contribution is 2.62. The summed E-state index contributed by atoms with van der Waals surface area (Å²) >= 11 is 6.24. The first-order chi connectivity index (χ1) is 10.4. The van der Waals surface area contributed by atoms with Gasteiger partial charge in [0.15, 0.2) is 0 Å². The van der Waals surface area contributed by atoms with Gasteiger partial charge in [0.2, 0.25) is 0 Å². The molecule has 1 amide bonds. The third-order valence-electron chi connectivity index (χ3n) is 4.83. The van der Waals surface area contributed by atoms with Crippen LogP contribution in [0.25, 0.3) is 10.9 Å². The van der Waals surface area contributed by atoms with E-state index >= 15 is 0 Å². The minimum atomic E-state index is -1.04. The third-order valence-corrected chi connectivity index (χ3v) is 5.22. The molecule has 22 heavy (non-hydrogen) atoms. The fraction of sp³-hybridized carbons (Fsp3) is 0.375. The lowest BCUT2D eigenvalue weighted by molar-refractivity contribution is -0.162. The molecule has 5 rings (SSSR count). The van der Waals surface area contributed by atoms with Crippen LogP contribution in [0, 0.1) is 11.3 Å². The summed E-state index contributed by atoms with van der Waals surface area (Å²) in [6.07, 6.45) is 1.24. The van der Waals surface area contributed by atoms with E-state index in [1.54, 1.807) is 29.8 Å². The Morgan fingerprint density at radius 2 is 2.14 bits per heavy atom. The second-order valence-electron chi connectivity index (χ2n) is 6.48. The second-order valence-corrected chi connectivity index (χ2v) is 6.86. The number of nitrogens with zero attached hydrogens (tertiary/aromatic N) is 2. The molecular weight excluding hydrogens is 305 g/mol. The molecule has 2 aromatic rings. The summed E-state index contributed by atoms with van der Waals surface area (Å²) < 4.78 is 15.2. The molecule has 0 radical (unpaired) electrons. The van der Waals surface area contributed by atoms with Crippen molar-refractivity contribution in [2.24, 2.45) is 7.05 Å². The molecule has 1 N–H and O–H groups in total. The average Bonchev–Trinajstić information content (AvgIpc) is 2.74. The normalized spacial score (nSPS) is 28.6. The van der Waals surface area contributed by atoms with E-state index in [0.29, 0.717) is 41.1 Å². The zero-order valence-corrected chi connectivity index (χ0v) is 12.7. The summed E-state index contributed by atoms with van der Waals surface area (Å²) in [4.78, 5) is 12.5. The lowest BCUT2D eigenvalue weighted by atomic mass is 9.47. The Labute approximate surface area is 131 Å². The van der Waals surface area contributed by atoms with Crippen LogP contribution in [0.4, 0.5) is 4.39 Å². The first kappa shape index (κ1) is 13.6. The first-order valence-corrected chi connectivity index (χ1v) is 7.44. The van der Waals surface area contributed by atoms with Gasteiger partial charge in [0.1, 0.15) is 17.4 Å². The van der Waals surface area contributed by atoms with Gasteiger partial charge in [-0.3, -0.25) is 4.79 Å². The van der Waals surface area contributed by atoms with Crippen LogP contribution >= 0.6 is 11.6 Å². The number of alkyl halides is 1. The van der Waals surface area contributed by atoms with Crippen LogP contribution in [-0.4, -0.2) is 21.7 Å². The number of aromatic nitrogens is 1. The molecule has 112 valence electrons. The SMILES string of the molecule is Cn1c(C(=O)NC23CC(F)(C2)C3)cc2ccc(C#N)c(Cl)c21. The van der Waals surface area contributed by atoms with Gasteiger partial charge in [-0.1, -0.05) is 17.7 Å². The number of hydrogen-bond acceptors (Lipinski definition) is 2. The summed E-state index contributed by atoms with van der Waals surface area (Å²) in [5.74, 6) is -0.227. The van der Waals surface area contributed by atoms with E-state index in [2.05, 4.69) is 5.32 Å². The van der Waals surface area contributed by atoms with E-state index in [9.17, 15) is 9.18 Å². The van der Waals surface area contributed by atoms with Gasteiger partial charge in [-0.05, 0) is 12.1 Å². The van der Waals surface area contributed by atoms with Crippen molar-refractivity contribution in [3.63, 3.8) is 0 Å². The molecule has 4 nitrogen and oxygen atoms in total. The maximum absolute atomic E-state index is 13.5. The molecule has 3 aliphatic carbocycles. The second kappa shape index (κ2) is 4.02. The van der Waals surface area contributed by atoms with Crippen LogP contribution in [-0.2, 0) is 7.05 Å². The standard InChI is InChI=1S/C16H13ClFN3O/c1-21-11(14(22)20-16-6-15(18,7-16)8-16)4-9-2-3-10(5-19)12(17)13(9)21/h2-4H,6-8H2,1H3,(H,20,22). The van der Waals surface area contributed by atoms with E-state index in [4.69, 9.17) is 16.9 Å². The molecule has 0 saturated heterocycles. The van der Waals surface area contributed by atoms with E-state index < -0.39 is 5.67 Å². The highest BCUT2D eigenvalue weighted by atomic mass is 35.5. The molecule has 3 aliphatic rings. The predicted molar refractivity (Wildman–Crippen MR) is 80.5 cm³/mol. The van der Waals surface area contributed by atoms with E-state index in [1.165, 1.54) is 0 Å². The zero-order chi connectivity index (χ0) is 15.7. The number of amides is 1. The van der Waals surface area contributed by atoms with E-state index in [-0.39, 0.29) is 11.4 Å². The molecule has 3 fully saturated rings.